The summed E-state index contributed by atoms with van der Waals surface area (Å²) < 4.78 is 5.31. The Morgan fingerprint density at radius 1 is 1.33 bits per heavy atom. The predicted octanol–water partition coefficient (Wildman–Crippen LogP) is 2.70. The van der Waals surface area contributed by atoms with Gasteiger partial charge in [-0.25, -0.2) is 0 Å². The van der Waals surface area contributed by atoms with E-state index in [1.54, 1.807) is 12.1 Å². The quantitative estimate of drug-likeness (QED) is 0.849. The summed E-state index contributed by atoms with van der Waals surface area (Å²) in [5.74, 6) is 0.558. The Bertz CT molecular complexity index is 443. The monoisotopic (exact) mass is 311 g/mol. The van der Waals surface area contributed by atoms with Crippen molar-refractivity contribution in [2.45, 2.75) is 31.7 Å². The van der Waals surface area contributed by atoms with Gasteiger partial charge < -0.3 is 15.2 Å². The molecule has 0 spiro atoms. The van der Waals surface area contributed by atoms with Gasteiger partial charge >= 0.3 is 0 Å². The van der Waals surface area contributed by atoms with E-state index in [0.717, 1.165) is 38.0 Å². The van der Waals surface area contributed by atoms with E-state index >= 15 is 0 Å². The predicted molar refractivity (Wildman–Crippen MR) is 82.2 cm³/mol. The van der Waals surface area contributed by atoms with Gasteiger partial charge in [0.2, 0.25) is 5.91 Å². The maximum absolute atomic E-state index is 12.0. The number of hydrogen-bond acceptors (Lipinski definition) is 3. The van der Waals surface area contributed by atoms with Crippen LogP contribution in [-0.4, -0.2) is 30.8 Å². The Labute approximate surface area is 130 Å². The standard InChI is InChI=1S/C16H22ClNO3/c17-14-4-2-13(3-5-14)15(11-19)18-16(20)6-1-12-7-9-21-10-8-12/h2-5,12,15,19H,1,6-11H2,(H,18,20). The van der Waals surface area contributed by atoms with Gasteiger partial charge in [0.1, 0.15) is 0 Å². The molecular weight excluding hydrogens is 290 g/mol. The molecule has 1 amide bonds. The van der Waals surface area contributed by atoms with E-state index in [2.05, 4.69) is 5.32 Å². The van der Waals surface area contributed by atoms with Crippen LogP contribution in [0.3, 0.4) is 0 Å². The Morgan fingerprint density at radius 3 is 2.62 bits per heavy atom. The summed E-state index contributed by atoms with van der Waals surface area (Å²) in [7, 11) is 0. The first-order chi connectivity index (χ1) is 10.2. The van der Waals surface area contributed by atoms with Crippen molar-refractivity contribution < 1.29 is 14.6 Å². The van der Waals surface area contributed by atoms with E-state index in [0.29, 0.717) is 17.4 Å². The molecule has 4 nitrogen and oxygen atoms in total. The molecule has 1 fully saturated rings. The van der Waals surface area contributed by atoms with Gasteiger partial charge in [0.15, 0.2) is 0 Å². The topological polar surface area (TPSA) is 58.6 Å². The fourth-order valence-electron chi connectivity index (χ4n) is 2.57. The minimum atomic E-state index is -0.371. The molecule has 1 saturated heterocycles. The number of nitrogens with one attached hydrogen (secondary N) is 1. The van der Waals surface area contributed by atoms with Crippen molar-refractivity contribution >= 4 is 17.5 Å². The van der Waals surface area contributed by atoms with Gasteiger partial charge in [0, 0.05) is 24.7 Å². The summed E-state index contributed by atoms with van der Waals surface area (Å²) in [4.78, 5) is 12.0. The molecule has 0 aromatic heterocycles. The number of aliphatic hydroxyl groups excluding tert-OH is 1. The van der Waals surface area contributed by atoms with E-state index in [1.807, 2.05) is 12.1 Å². The molecule has 116 valence electrons. The number of halogens is 1. The molecule has 0 saturated carbocycles. The average Bonchev–Trinajstić information content (AvgIpc) is 2.52. The van der Waals surface area contributed by atoms with Crippen LogP contribution in [0.2, 0.25) is 5.02 Å². The van der Waals surface area contributed by atoms with Crippen molar-refractivity contribution in [3.8, 4) is 0 Å². The highest BCUT2D eigenvalue weighted by Gasteiger charge is 2.17. The lowest BCUT2D eigenvalue weighted by molar-refractivity contribution is -0.122. The molecule has 0 aliphatic carbocycles. The van der Waals surface area contributed by atoms with Crippen LogP contribution in [0.5, 0.6) is 0 Å². The second-order valence-corrected chi connectivity index (χ2v) is 5.89. The maximum Gasteiger partial charge on any atom is 0.220 e. The summed E-state index contributed by atoms with van der Waals surface area (Å²) in [5, 5.41) is 13.0. The summed E-state index contributed by atoms with van der Waals surface area (Å²) >= 11 is 5.84. The van der Waals surface area contributed by atoms with Gasteiger partial charge in [-0.05, 0) is 42.9 Å². The smallest absolute Gasteiger partial charge is 0.220 e. The van der Waals surface area contributed by atoms with Crippen LogP contribution >= 0.6 is 11.6 Å². The molecule has 1 aliphatic rings. The zero-order valence-electron chi connectivity index (χ0n) is 12.1. The Balaban J connectivity index is 1.80. The van der Waals surface area contributed by atoms with E-state index < -0.39 is 0 Å². The van der Waals surface area contributed by atoms with Crippen molar-refractivity contribution in [1.82, 2.24) is 5.32 Å². The molecule has 1 aromatic carbocycles. The number of benzene rings is 1. The minimum absolute atomic E-state index is 0.0181. The molecule has 1 unspecified atom stereocenters. The summed E-state index contributed by atoms with van der Waals surface area (Å²) in [6.45, 7) is 1.48. The van der Waals surface area contributed by atoms with Crippen LogP contribution in [-0.2, 0) is 9.53 Å². The lowest BCUT2D eigenvalue weighted by Crippen LogP contribution is -2.31. The third kappa shape index (κ3) is 5.30. The lowest BCUT2D eigenvalue weighted by atomic mass is 9.94. The molecule has 0 bridgehead atoms. The van der Waals surface area contributed by atoms with Crippen LogP contribution in [0.25, 0.3) is 0 Å². The van der Waals surface area contributed by atoms with Crippen molar-refractivity contribution in [3.05, 3.63) is 34.9 Å². The van der Waals surface area contributed by atoms with Crippen LogP contribution in [0.4, 0.5) is 0 Å². The number of rotatable bonds is 6. The third-order valence-corrected chi connectivity index (χ3v) is 4.16. The lowest BCUT2D eigenvalue weighted by Gasteiger charge is -2.22. The normalized spacial score (nSPS) is 17.4. The number of carbonyl (C=O) groups excluding carboxylic acids is 1. The van der Waals surface area contributed by atoms with Gasteiger partial charge in [0.25, 0.3) is 0 Å². The number of aliphatic hydroxyl groups is 1. The van der Waals surface area contributed by atoms with Gasteiger partial charge in [-0.1, -0.05) is 23.7 Å². The molecule has 1 atom stereocenters. The van der Waals surface area contributed by atoms with Gasteiger partial charge in [-0.2, -0.15) is 0 Å². The summed E-state index contributed by atoms with van der Waals surface area (Å²) in [6, 6.07) is 6.79. The zero-order valence-corrected chi connectivity index (χ0v) is 12.8. The Hall–Kier alpha value is -1.10. The van der Waals surface area contributed by atoms with E-state index in [9.17, 15) is 9.90 Å². The number of carbonyl (C=O) groups is 1. The highest BCUT2D eigenvalue weighted by Crippen LogP contribution is 2.21. The van der Waals surface area contributed by atoms with E-state index in [-0.39, 0.29) is 18.6 Å². The van der Waals surface area contributed by atoms with Crippen LogP contribution in [0, 0.1) is 5.92 Å². The number of hydrogen-bond donors (Lipinski definition) is 2. The molecule has 2 N–H and O–H groups in total. The number of amides is 1. The Morgan fingerprint density at radius 2 is 2.00 bits per heavy atom. The van der Waals surface area contributed by atoms with E-state index in [1.165, 1.54) is 0 Å². The maximum atomic E-state index is 12.0. The highest BCUT2D eigenvalue weighted by atomic mass is 35.5. The van der Waals surface area contributed by atoms with Crippen molar-refractivity contribution in [1.29, 1.82) is 0 Å². The van der Waals surface area contributed by atoms with Crippen molar-refractivity contribution in [3.63, 3.8) is 0 Å². The van der Waals surface area contributed by atoms with Crippen LogP contribution in [0.1, 0.15) is 37.3 Å². The molecule has 5 heteroatoms. The highest BCUT2D eigenvalue weighted by molar-refractivity contribution is 6.30. The minimum Gasteiger partial charge on any atom is -0.394 e. The summed E-state index contributed by atoms with van der Waals surface area (Å²) in [6.07, 6.45) is 3.45. The third-order valence-electron chi connectivity index (χ3n) is 3.91. The van der Waals surface area contributed by atoms with Crippen molar-refractivity contribution in [2.24, 2.45) is 5.92 Å². The molecule has 1 heterocycles. The molecular formula is C16H22ClNO3. The SMILES string of the molecule is O=C(CCC1CCOCC1)NC(CO)c1ccc(Cl)cc1. The molecule has 2 rings (SSSR count). The first kappa shape index (κ1) is 16.3. The van der Waals surface area contributed by atoms with Crippen LogP contribution in [0.15, 0.2) is 24.3 Å². The first-order valence-corrected chi connectivity index (χ1v) is 7.80. The van der Waals surface area contributed by atoms with Gasteiger partial charge in [-0.15, -0.1) is 0 Å². The van der Waals surface area contributed by atoms with Crippen molar-refractivity contribution in [2.75, 3.05) is 19.8 Å². The molecule has 1 aliphatic heterocycles. The zero-order chi connectivity index (χ0) is 15.1. The van der Waals surface area contributed by atoms with Gasteiger partial charge in [-0.3, -0.25) is 4.79 Å². The molecule has 1 aromatic rings. The van der Waals surface area contributed by atoms with Gasteiger partial charge in [0.05, 0.1) is 12.6 Å². The fraction of sp³-hybridized carbons (Fsp3) is 0.562. The Kier molecular flexibility index (Phi) is 6.49. The number of ether oxygens (including phenoxy) is 1. The molecule has 21 heavy (non-hydrogen) atoms. The first-order valence-electron chi connectivity index (χ1n) is 7.42. The average molecular weight is 312 g/mol. The largest absolute Gasteiger partial charge is 0.394 e. The second kappa shape index (κ2) is 8.37. The fourth-order valence-corrected chi connectivity index (χ4v) is 2.69. The summed E-state index contributed by atoms with van der Waals surface area (Å²) in [5.41, 5.74) is 0.862. The second-order valence-electron chi connectivity index (χ2n) is 5.45. The van der Waals surface area contributed by atoms with E-state index in [4.69, 9.17) is 16.3 Å². The molecule has 0 radical (unpaired) electrons. The van der Waals surface area contributed by atoms with Crippen LogP contribution < -0.4 is 5.32 Å².